The van der Waals surface area contributed by atoms with E-state index in [1.54, 1.807) is 0 Å². The molecule has 0 bridgehead atoms. The maximum absolute atomic E-state index is 13.5. The summed E-state index contributed by atoms with van der Waals surface area (Å²) in [5, 5.41) is 2.24. The quantitative estimate of drug-likeness (QED) is 0.806. The van der Waals surface area contributed by atoms with Gasteiger partial charge in [0.2, 0.25) is 5.91 Å². The number of hydrogen-bond acceptors (Lipinski definition) is 1. The highest BCUT2D eigenvalue weighted by molar-refractivity contribution is 9.10. The summed E-state index contributed by atoms with van der Waals surface area (Å²) < 4.78 is 40.2. The highest BCUT2D eigenvalue weighted by atomic mass is 79.9. The summed E-state index contributed by atoms with van der Waals surface area (Å²) >= 11 is 3.19. The number of carbonyl (C=O) groups excluding carboxylic acids is 1. The molecule has 0 aliphatic carbocycles. The van der Waals surface area contributed by atoms with E-state index in [1.165, 1.54) is 24.3 Å². The molecule has 0 spiro atoms. The fourth-order valence-electron chi connectivity index (χ4n) is 1.57. The third kappa shape index (κ3) is 4.19. The zero-order valence-corrected chi connectivity index (χ0v) is 12.1. The summed E-state index contributed by atoms with van der Waals surface area (Å²) in [6.07, 6.45) is 2.32. The molecule has 0 atom stereocenters. The van der Waals surface area contributed by atoms with E-state index in [4.69, 9.17) is 0 Å². The number of halogens is 4. The standard InChI is InChI=1S/C15H9BrF3NO/c16-10-2-4-12(18)9(7-10)1-6-15(21)20-14-5-3-11(17)8-13(14)19/h1-8H,(H,20,21)/b6-1+. The second-order valence-electron chi connectivity index (χ2n) is 4.11. The van der Waals surface area contributed by atoms with Crippen molar-refractivity contribution in [2.24, 2.45) is 0 Å². The van der Waals surface area contributed by atoms with Gasteiger partial charge in [0.1, 0.15) is 17.5 Å². The summed E-state index contributed by atoms with van der Waals surface area (Å²) in [6, 6.07) is 7.07. The van der Waals surface area contributed by atoms with Gasteiger partial charge in [-0.1, -0.05) is 15.9 Å². The van der Waals surface area contributed by atoms with Crippen molar-refractivity contribution in [2.45, 2.75) is 0 Å². The van der Waals surface area contributed by atoms with Crippen LogP contribution in [0.4, 0.5) is 18.9 Å². The zero-order chi connectivity index (χ0) is 15.4. The van der Waals surface area contributed by atoms with Gasteiger partial charge in [-0.05, 0) is 36.4 Å². The van der Waals surface area contributed by atoms with Gasteiger partial charge in [-0.15, -0.1) is 0 Å². The Labute approximate surface area is 127 Å². The van der Waals surface area contributed by atoms with Crippen LogP contribution in [0.5, 0.6) is 0 Å². The van der Waals surface area contributed by atoms with Crippen molar-refractivity contribution in [1.29, 1.82) is 0 Å². The molecule has 0 saturated heterocycles. The lowest BCUT2D eigenvalue weighted by atomic mass is 10.2. The van der Waals surface area contributed by atoms with Crippen molar-refractivity contribution in [3.05, 3.63) is 70.0 Å². The Hall–Kier alpha value is -2.08. The van der Waals surface area contributed by atoms with Gasteiger partial charge in [-0.25, -0.2) is 13.2 Å². The van der Waals surface area contributed by atoms with Crippen LogP contribution in [0.1, 0.15) is 5.56 Å². The van der Waals surface area contributed by atoms with Gasteiger partial charge in [0, 0.05) is 22.2 Å². The molecule has 0 aromatic heterocycles. The number of amides is 1. The van der Waals surface area contributed by atoms with E-state index in [0.717, 1.165) is 18.2 Å². The average molecular weight is 356 g/mol. The van der Waals surface area contributed by atoms with Gasteiger partial charge in [-0.3, -0.25) is 4.79 Å². The molecule has 0 radical (unpaired) electrons. The molecule has 0 aliphatic rings. The Morgan fingerprint density at radius 1 is 1.05 bits per heavy atom. The molecule has 0 fully saturated rings. The van der Waals surface area contributed by atoms with E-state index < -0.39 is 23.4 Å². The summed E-state index contributed by atoms with van der Waals surface area (Å²) in [5.74, 6) is -2.77. The molecule has 2 aromatic rings. The van der Waals surface area contributed by atoms with E-state index in [2.05, 4.69) is 21.2 Å². The third-order valence-electron chi connectivity index (χ3n) is 2.56. The molecular weight excluding hydrogens is 347 g/mol. The second kappa shape index (κ2) is 6.58. The van der Waals surface area contributed by atoms with Crippen molar-refractivity contribution in [2.75, 3.05) is 5.32 Å². The number of rotatable bonds is 3. The number of anilines is 1. The molecular formula is C15H9BrF3NO. The molecule has 108 valence electrons. The summed E-state index contributed by atoms with van der Waals surface area (Å²) in [4.78, 5) is 11.6. The van der Waals surface area contributed by atoms with E-state index in [9.17, 15) is 18.0 Å². The first-order chi connectivity index (χ1) is 9.95. The fourth-order valence-corrected chi connectivity index (χ4v) is 1.95. The van der Waals surface area contributed by atoms with Crippen LogP contribution in [-0.4, -0.2) is 5.91 Å². The smallest absolute Gasteiger partial charge is 0.248 e. The minimum atomic E-state index is -0.884. The van der Waals surface area contributed by atoms with Crippen LogP contribution in [0.15, 0.2) is 46.9 Å². The summed E-state index contributed by atoms with van der Waals surface area (Å²) in [6.45, 7) is 0. The first kappa shape index (κ1) is 15.3. The van der Waals surface area contributed by atoms with Gasteiger partial charge in [0.15, 0.2) is 0 Å². The second-order valence-corrected chi connectivity index (χ2v) is 5.03. The van der Waals surface area contributed by atoms with Gasteiger partial charge in [0.25, 0.3) is 0 Å². The highest BCUT2D eigenvalue weighted by Gasteiger charge is 2.06. The van der Waals surface area contributed by atoms with E-state index in [-0.39, 0.29) is 11.3 Å². The SMILES string of the molecule is O=C(/C=C/c1cc(Br)ccc1F)Nc1ccc(F)cc1F. The molecule has 1 amide bonds. The Kier molecular flexibility index (Phi) is 4.80. The van der Waals surface area contributed by atoms with Crippen LogP contribution < -0.4 is 5.32 Å². The molecule has 0 unspecified atom stereocenters. The lowest BCUT2D eigenvalue weighted by Crippen LogP contribution is -2.09. The van der Waals surface area contributed by atoms with Crippen LogP contribution in [0.2, 0.25) is 0 Å². The number of carbonyl (C=O) groups is 1. The molecule has 0 saturated carbocycles. The van der Waals surface area contributed by atoms with Gasteiger partial charge < -0.3 is 5.32 Å². The third-order valence-corrected chi connectivity index (χ3v) is 3.05. The van der Waals surface area contributed by atoms with Crippen LogP contribution >= 0.6 is 15.9 Å². The molecule has 0 heterocycles. The van der Waals surface area contributed by atoms with Gasteiger partial charge in [0.05, 0.1) is 5.69 Å². The summed E-state index contributed by atoms with van der Waals surface area (Å²) in [7, 11) is 0. The van der Waals surface area contributed by atoms with Crippen LogP contribution in [0, 0.1) is 17.5 Å². The minimum Gasteiger partial charge on any atom is -0.320 e. The Balaban J connectivity index is 2.11. The summed E-state index contributed by atoms with van der Waals surface area (Å²) in [5.41, 5.74) is 0.0554. The molecule has 0 aliphatic heterocycles. The Morgan fingerprint density at radius 3 is 2.52 bits per heavy atom. The molecule has 2 rings (SSSR count). The lowest BCUT2D eigenvalue weighted by Gasteiger charge is -2.03. The van der Waals surface area contributed by atoms with E-state index >= 15 is 0 Å². The van der Waals surface area contributed by atoms with Crippen LogP contribution in [0.3, 0.4) is 0 Å². The predicted octanol–water partition coefficient (Wildman–Crippen LogP) is 4.52. The van der Waals surface area contributed by atoms with E-state index in [1.807, 2.05) is 0 Å². The topological polar surface area (TPSA) is 29.1 Å². The first-order valence-corrected chi connectivity index (χ1v) is 6.64. The van der Waals surface area contributed by atoms with Crippen molar-refractivity contribution >= 4 is 33.6 Å². The van der Waals surface area contributed by atoms with Crippen LogP contribution in [0.25, 0.3) is 6.08 Å². The van der Waals surface area contributed by atoms with Crippen LogP contribution in [-0.2, 0) is 4.79 Å². The first-order valence-electron chi connectivity index (χ1n) is 5.85. The predicted molar refractivity (Wildman–Crippen MR) is 78.1 cm³/mol. The normalized spacial score (nSPS) is 10.9. The van der Waals surface area contributed by atoms with Crippen molar-refractivity contribution in [1.82, 2.24) is 0 Å². The maximum Gasteiger partial charge on any atom is 0.248 e. The molecule has 21 heavy (non-hydrogen) atoms. The van der Waals surface area contributed by atoms with Gasteiger partial charge >= 0.3 is 0 Å². The Bertz CT molecular complexity index is 716. The highest BCUT2D eigenvalue weighted by Crippen LogP contribution is 2.17. The largest absolute Gasteiger partial charge is 0.320 e. The van der Waals surface area contributed by atoms with Crippen molar-refractivity contribution in [3.63, 3.8) is 0 Å². The number of benzene rings is 2. The van der Waals surface area contributed by atoms with E-state index in [0.29, 0.717) is 10.5 Å². The maximum atomic E-state index is 13.5. The molecule has 2 aromatic carbocycles. The number of hydrogen-bond donors (Lipinski definition) is 1. The lowest BCUT2D eigenvalue weighted by molar-refractivity contribution is -0.111. The zero-order valence-electron chi connectivity index (χ0n) is 10.5. The fraction of sp³-hybridized carbons (Fsp3) is 0. The molecule has 2 nitrogen and oxygen atoms in total. The molecule has 1 N–H and O–H groups in total. The average Bonchev–Trinajstić information content (AvgIpc) is 2.43. The van der Waals surface area contributed by atoms with Crippen molar-refractivity contribution < 1.29 is 18.0 Å². The number of nitrogens with one attached hydrogen (secondary N) is 1. The minimum absolute atomic E-state index is 0.152. The van der Waals surface area contributed by atoms with Crippen molar-refractivity contribution in [3.8, 4) is 0 Å². The Morgan fingerprint density at radius 2 is 1.81 bits per heavy atom. The van der Waals surface area contributed by atoms with Gasteiger partial charge in [-0.2, -0.15) is 0 Å². The molecule has 6 heteroatoms. The monoisotopic (exact) mass is 355 g/mol.